The van der Waals surface area contributed by atoms with Crippen LogP contribution in [0.15, 0.2) is 63.7 Å². The van der Waals surface area contributed by atoms with E-state index >= 15 is 0 Å². The first-order valence-corrected chi connectivity index (χ1v) is 9.79. The Morgan fingerprint density at radius 1 is 1.19 bits per heavy atom. The summed E-state index contributed by atoms with van der Waals surface area (Å²) in [7, 11) is 0. The third kappa shape index (κ3) is 4.20. The van der Waals surface area contributed by atoms with Gasteiger partial charge in [0, 0.05) is 12.2 Å². The minimum absolute atomic E-state index is 0.145. The van der Waals surface area contributed by atoms with Gasteiger partial charge < -0.3 is 18.6 Å². The number of carbonyl (C=O) groups excluding carboxylic acids is 2. The van der Waals surface area contributed by atoms with Crippen molar-refractivity contribution in [1.82, 2.24) is 10.1 Å². The van der Waals surface area contributed by atoms with Gasteiger partial charge in [0.25, 0.3) is 11.6 Å². The summed E-state index contributed by atoms with van der Waals surface area (Å²) in [5.74, 6) is -0.727. The summed E-state index contributed by atoms with van der Waals surface area (Å²) in [5.41, 5.74) is 1.78. The van der Waals surface area contributed by atoms with Crippen molar-refractivity contribution in [2.75, 3.05) is 18.1 Å². The van der Waals surface area contributed by atoms with Crippen molar-refractivity contribution in [3.63, 3.8) is 0 Å². The highest BCUT2D eigenvalue weighted by Gasteiger charge is 2.23. The molecule has 0 saturated heterocycles. The Morgan fingerprint density at radius 2 is 2.00 bits per heavy atom. The number of furan rings is 1. The zero-order valence-electron chi connectivity index (χ0n) is 17.1. The van der Waals surface area contributed by atoms with Gasteiger partial charge in [0.1, 0.15) is 5.69 Å². The number of pyridine rings is 1. The van der Waals surface area contributed by atoms with Crippen molar-refractivity contribution in [2.24, 2.45) is 0 Å². The fourth-order valence-electron chi connectivity index (χ4n) is 3.26. The number of para-hydroxylation sites is 1. The fraction of sp³-hybridized carbons (Fsp3) is 0.174. The number of aromatic nitrogens is 2. The summed E-state index contributed by atoms with van der Waals surface area (Å²) in [6.45, 7) is 1.37. The molecule has 4 rings (SSSR count). The molecule has 3 heterocycles. The quantitative estimate of drug-likeness (QED) is 0.405. The first-order valence-electron chi connectivity index (χ1n) is 9.79. The number of rotatable bonds is 7. The number of hydrogen-bond donors (Lipinski definition) is 0. The second-order valence-electron chi connectivity index (χ2n) is 6.85. The Labute approximate surface area is 182 Å². The first kappa shape index (κ1) is 20.8. The SMILES string of the molecule is Cc1noc2nc(-c3ccco3)cc(C(=O)OCC(=O)N(CCC#N)c3ccccc3)c12. The highest BCUT2D eigenvalue weighted by atomic mass is 16.5. The summed E-state index contributed by atoms with van der Waals surface area (Å²) in [5, 5.41) is 13.2. The number of fused-ring (bicyclic) bond motifs is 1. The molecule has 0 spiro atoms. The van der Waals surface area contributed by atoms with E-state index < -0.39 is 18.5 Å². The van der Waals surface area contributed by atoms with Crippen LogP contribution in [0, 0.1) is 18.3 Å². The fourth-order valence-corrected chi connectivity index (χ4v) is 3.26. The number of ether oxygens (including phenoxy) is 1. The number of hydrogen-bond acceptors (Lipinski definition) is 8. The van der Waals surface area contributed by atoms with Crippen molar-refractivity contribution in [3.8, 4) is 17.5 Å². The third-order valence-corrected chi connectivity index (χ3v) is 4.75. The van der Waals surface area contributed by atoms with Gasteiger partial charge in [-0.2, -0.15) is 5.26 Å². The van der Waals surface area contributed by atoms with Crippen LogP contribution in [0.3, 0.4) is 0 Å². The van der Waals surface area contributed by atoms with Crippen LogP contribution in [0.5, 0.6) is 0 Å². The van der Waals surface area contributed by atoms with Gasteiger partial charge in [0.2, 0.25) is 0 Å². The monoisotopic (exact) mass is 430 g/mol. The van der Waals surface area contributed by atoms with Gasteiger partial charge in [0.05, 0.1) is 35.4 Å². The van der Waals surface area contributed by atoms with Gasteiger partial charge in [0.15, 0.2) is 12.4 Å². The summed E-state index contributed by atoms with van der Waals surface area (Å²) in [6, 6.07) is 15.8. The van der Waals surface area contributed by atoms with Gasteiger partial charge in [-0.1, -0.05) is 23.4 Å². The van der Waals surface area contributed by atoms with Crippen molar-refractivity contribution in [1.29, 1.82) is 5.26 Å². The van der Waals surface area contributed by atoms with E-state index in [0.717, 1.165) is 0 Å². The zero-order chi connectivity index (χ0) is 22.5. The van der Waals surface area contributed by atoms with Gasteiger partial charge in [-0.25, -0.2) is 9.78 Å². The van der Waals surface area contributed by atoms with Crippen LogP contribution in [0.2, 0.25) is 0 Å². The van der Waals surface area contributed by atoms with Gasteiger partial charge in [-0.05, 0) is 37.3 Å². The maximum absolute atomic E-state index is 12.9. The number of nitriles is 1. The number of aryl methyl sites for hydroxylation is 1. The highest BCUT2D eigenvalue weighted by Crippen LogP contribution is 2.28. The number of nitrogens with zero attached hydrogens (tertiary/aromatic N) is 4. The number of esters is 1. The predicted molar refractivity (Wildman–Crippen MR) is 114 cm³/mol. The Hall–Kier alpha value is -4.45. The molecular formula is C23H18N4O5. The number of amides is 1. The van der Waals surface area contributed by atoms with Crippen LogP contribution >= 0.6 is 0 Å². The van der Waals surface area contributed by atoms with E-state index in [1.165, 1.54) is 17.2 Å². The van der Waals surface area contributed by atoms with Crippen LogP contribution in [-0.4, -0.2) is 35.2 Å². The zero-order valence-corrected chi connectivity index (χ0v) is 17.1. The molecule has 160 valence electrons. The second kappa shape index (κ2) is 9.14. The van der Waals surface area contributed by atoms with Gasteiger partial charge >= 0.3 is 5.97 Å². The molecule has 0 saturated carbocycles. The number of carbonyl (C=O) groups is 2. The molecule has 0 N–H and O–H groups in total. The molecule has 9 heteroatoms. The first-order chi connectivity index (χ1) is 15.6. The van der Waals surface area contributed by atoms with Crippen LogP contribution in [0.4, 0.5) is 5.69 Å². The summed E-state index contributed by atoms with van der Waals surface area (Å²) >= 11 is 0. The Balaban J connectivity index is 1.58. The van der Waals surface area contributed by atoms with Gasteiger partial charge in [-0.15, -0.1) is 0 Å². The molecule has 0 atom stereocenters. The van der Waals surface area contributed by atoms with Crippen molar-refractivity contribution < 1.29 is 23.3 Å². The molecule has 1 aromatic carbocycles. The van der Waals surface area contributed by atoms with Crippen molar-refractivity contribution in [3.05, 3.63) is 66.1 Å². The van der Waals surface area contributed by atoms with E-state index in [1.807, 2.05) is 12.1 Å². The van der Waals surface area contributed by atoms with Crippen LogP contribution in [-0.2, 0) is 9.53 Å². The molecule has 3 aromatic heterocycles. The topological polar surface area (TPSA) is 122 Å². The minimum Gasteiger partial charge on any atom is -0.463 e. The molecule has 0 aliphatic rings. The largest absolute Gasteiger partial charge is 0.463 e. The molecule has 9 nitrogen and oxygen atoms in total. The summed E-state index contributed by atoms with van der Waals surface area (Å²) in [4.78, 5) is 31.5. The highest BCUT2D eigenvalue weighted by molar-refractivity contribution is 6.05. The lowest BCUT2D eigenvalue weighted by Crippen LogP contribution is -2.35. The van der Waals surface area contributed by atoms with Crippen molar-refractivity contribution >= 4 is 28.7 Å². The lowest BCUT2D eigenvalue weighted by molar-refractivity contribution is -0.121. The van der Waals surface area contributed by atoms with Crippen LogP contribution in [0.25, 0.3) is 22.6 Å². The summed E-state index contributed by atoms with van der Waals surface area (Å²) in [6.07, 6.45) is 1.63. The van der Waals surface area contributed by atoms with Crippen molar-refractivity contribution in [2.45, 2.75) is 13.3 Å². The Bertz CT molecular complexity index is 1290. The van der Waals surface area contributed by atoms with E-state index in [0.29, 0.717) is 28.2 Å². The second-order valence-corrected chi connectivity index (χ2v) is 6.85. The number of benzene rings is 1. The molecule has 1 amide bonds. The normalized spacial score (nSPS) is 10.6. The van der Waals surface area contributed by atoms with E-state index in [-0.39, 0.29) is 24.2 Å². The standard InChI is InChI=1S/C23H18N4O5/c1-15-21-17(13-18(19-9-5-12-30-19)25-22(21)32-26-15)23(29)31-14-20(28)27(11-6-10-24)16-7-3-2-4-8-16/h2-5,7-9,12-13H,6,11,14H2,1H3. The Kier molecular flexibility index (Phi) is 5.94. The predicted octanol–water partition coefficient (Wildman–Crippen LogP) is 3.89. The lowest BCUT2D eigenvalue weighted by Gasteiger charge is -2.21. The minimum atomic E-state index is -0.724. The molecule has 0 bridgehead atoms. The Morgan fingerprint density at radius 3 is 2.72 bits per heavy atom. The smallest absolute Gasteiger partial charge is 0.339 e. The lowest BCUT2D eigenvalue weighted by atomic mass is 10.1. The molecule has 0 fully saturated rings. The van der Waals surface area contributed by atoms with Crippen LogP contribution < -0.4 is 4.90 Å². The van der Waals surface area contributed by atoms with Crippen LogP contribution in [0.1, 0.15) is 22.5 Å². The molecule has 32 heavy (non-hydrogen) atoms. The summed E-state index contributed by atoms with van der Waals surface area (Å²) < 4.78 is 15.9. The molecular weight excluding hydrogens is 412 g/mol. The van der Waals surface area contributed by atoms with E-state index in [1.54, 1.807) is 43.3 Å². The number of anilines is 1. The van der Waals surface area contributed by atoms with E-state index in [9.17, 15) is 9.59 Å². The molecule has 0 aliphatic carbocycles. The average Bonchev–Trinajstić information content (AvgIpc) is 3.48. The maximum atomic E-state index is 12.9. The molecule has 0 aliphatic heterocycles. The average molecular weight is 430 g/mol. The maximum Gasteiger partial charge on any atom is 0.339 e. The third-order valence-electron chi connectivity index (χ3n) is 4.75. The molecule has 0 radical (unpaired) electrons. The molecule has 4 aromatic rings. The van der Waals surface area contributed by atoms with E-state index in [2.05, 4.69) is 10.1 Å². The molecule has 0 unspecified atom stereocenters. The van der Waals surface area contributed by atoms with Gasteiger partial charge in [-0.3, -0.25) is 4.79 Å². The van der Waals surface area contributed by atoms with E-state index in [4.69, 9.17) is 18.9 Å².